The van der Waals surface area contributed by atoms with Crippen LogP contribution in [0.1, 0.15) is 54.0 Å². The summed E-state index contributed by atoms with van der Waals surface area (Å²) in [5.41, 5.74) is 9.25. The van der Waals surface area contributed by atoms with E-state index in [4.69, 9.17) is 10.5 Å². The van der Waals surface area contributed by atoms with Gasteiger partial charge in [-0.15, -0.1) is 0 Å². The summed E-state index contributed by atoms with van der Waals surface area (Å²) in [5.74, 6) is -0.0467. The van der Waals surface area contributed by atoms with E-state index >= 15 is 0 Å². The number of halogens is 2. The Labute approximate surface area is 224 Å². The largest absolute Gasteiger partial charge is 0.471 e. The Bertz CT molecular complexity index is 1640. The summed E-state index contributed by atoms with van der Waals surface area (Å²) in [4.78, 5) is 17.1. The third kappa shape index (κ3) is 5.65. The van der Waals surface area contributed by atoms with Gasteiger partial charge in [0.05, 0.1) is 40.1 Å². The Kier molecular flexibility index (Phi) is 7.50. The van der Waals surface area contributed by atoms with E-state index in [1.54, 1.807) is 70.3 Å². The van der Waals surface area contributed by atoms with Crippen molar-refractivity contribution in [2.75, 3.05) is 5.73 Å². The second-order valence-electron chi connectivity index (χ2n) is 9.48. The third-order valence-corrected chi connectivity index (χ3v) is 6.26. The summed E-state index contributed by atoms with van der Waals surface area (Å²) in [5, 5.41) is 19.1. The molecule has 2 N–H and O–H groups in total. The fraction of sp³-hybridized carbons (Fsp3) is 0.241. The highest BCUT2D eigenvalue weighted by Gasteiger charge is 2.24. The van der Waals surface area contributed by atoms with Crippen molar-refractivity contribution >= 4 is 5.95 Å². The molecular formula is C29H25F2N7O. The maximum absolute atomic E-state index is 13.7. The number of hydrogen-bond donors (Lipinski definition) is 1. The summed E-state index contributed by atoms with van der Waals surface area (Å²) in [6, 6.07) is 16.0. The summed E-state index contributed by atoms with van der Waals surface area (Å²) in [6.07, 6.45) is -1.21. The lowest BCUT2D eigenvalue weighted by atomic mass is 9.87. The van der Waals surface area contributed by atoms with Crippen LogP contribution in [-0.4, -0.2) is 19.9 Å². The Morgan fingerprint density at radius 1 is 1.05 bits per heavy atom. The third-order valence-electron chi connectivity index (χ3n) is 6.26. The second kappa shape index (κ2) is 10.8. The van der Waals surface area contributed by atoms with Gasteiger partial charge in [-0.3, -0.25) is 9.97 Å². The molecule has 0 amide bonds. The van der Waals surface area contributed by atoms with E-state index < -0.39 is 17.5 Å². The lowest BCUT2D eigenvalue weighted by Gasteiger charge is -2.18. The topological polar surface area (TPSA) is 134 Å². The molecular weight excluding hydrogens is 500 g/mol. The smallest absolute Gasteiger partial charge is 0.280 e. The highest BCUT2D eigenvalue weighted by Crippen LogP contribution is 2.40. The number of benzene rings is 1. The van der Waals surface area contributed by atoms with Crippen molar-refractivity contribution in [1.29, 1.82) is 10.5 Å². The van der Waals surface area contributed by atoms with Crippen molar-refractivity contribution in [2.45, 2.75) is 46.1 Å². The molecule has 0 radical (unpaired) electrons. The standard InChI is InChI=1S/C29H25F2N7O/c1-16-10-19(11-23(36-16)26(30)31)24-25(22-7-5-6-18(13-32)17(22)2)37-28(34)38-27(24)39-14-21-12-20(8-9-35-21)29(3,4)15-33/h5-12,26H,14H2,1-4H3,(H2,34,37,38). The predicted octanol–water partition coefficient (Wildman–Crippen LogP) is 5.99. The van der Waals surface area contributed by atoms with Crippen molar-refractivity contribution in [3.63, 3.8) is 0 Å². The molecule has 0 saturated carbocycles. The van der Waals surface area contributed by atoms with E-state index in [0.717, 1.165) is 5.56 Å². The number of aromatic nitrogens is 4. The van der Waals surface area contributed by atoms with Crippen LogP contribution in [0.3, 0.4) is 0 Å². The van der Waals surface area contributed by atoms with E-state index in [1.165, 1.54) is 6.07 Å². The molecule has 4 rings (SSSR count). The SMILES string of the molecule is Cc1cc(-c2c(OCc3cc(C(C)(C)C#N)ccn3)nc(N)nc2-c2cccc(C#N)c2C)cc(C(F)F)n1. The van der Waals surface area contributed by atoms with Gasteiger partial charge in [0, 0.05) is 17.5 Å². The van der Waals surface area contributed by atoms with Crippen molar-refractivity contribution < 1.29 is 13.5 Å². The second-order valence-corrected chi connectivity index (χ2v) is 9.48. The van der Waals surface area contributed by atoms with Gasteiger partial charge < -0.3 is 10.5 Å². The molecule has 0 spiro atoms. The van der Waals surface area contributed by atoms with Crippen molar-refractivity contribution in [1.82, 2.24) is 19.9 Å². The Balaban J connectivity index is 1.91. The molecule has 3 heterocycles. The molecule has 1 aromatic carbocycles. The fourth-order valence-electron chi connectivity index (χ4n) is 4.13. The monoisotopic (exact) mass is 525 g/mol. The van der Waals surface area contributed by atoms with E-state index in [-0.39, 0.29) is 18.4 Å². The first-order chi connectivity index (χ1) is 18.5. The van der Waals surface area contributed by atoms with Crippen LogP contribution in [0.5, 0.6) is 5.88 Å². The lowest BCUT2D eigenvalue weighted by Crippen LogP contribution is -2.15. The van der Waals surface area contributed by atoms with Gasteiger partial charge in [0.1, 0.15) is 12.3 Å². The molecule has 0 atom stereocenters. The minimum Gasteiger partial charge on any atom is -0.471 e. The zero-order valence-corrected chi connectivity index (χ0v) is 21.8. The van der Waals surface area contributed by atoms with Crippen LogP contribution in [0.15, 0.2) is 48.7 Å². The van der Waals surface area contributed by atoms with Gasteiger partial charge in [0.15, 0.2) is 0 Å². The number of alkyl halides is 2. The summed E-state index contributed by atoms with van der Waals surface area (Å²) >= 11 is 0. The normalized spacial score (nSPS) is 11.2. The van der Waals surface area contributed by atoms with Gasteiger partial charge in [0.2, 0.25) is 11.8 Å². The molecule has 8 nitrogen and oxygen atoms in total. The number of aryl methyl sites for hydroxylation is 1. The summed E-state index contributed by atoms with van der Waals surface area (Å²) in [6.45, 7) is 6.94. The minimum atomic E-state index is -2.80. The molecule has 0 aliphatic carbocycles. The number of pyridine rings is 2. The highest BCUT2D eigenvalue weighted by atomic mass is 19.3. The molecule has 39 heavy (non-hydrogen) atoms. The molecule has 10 heteroatoms. The molecule has 0 unspecified atom stereocenters. The quantitative estimate of drug-likeness (QED) is 0.311. The number of nitrogens with zero attached hydrogens (tertiary/aromatic N) is 6. The molecule has 0 fully saturated rings. The molecule has 0 bridgehead atoms. The van der Waals surface area contributed by atoms with Crippen LogP contribution in [-0.2, 0) is 12.0 Å². The fourth-order valence-corrected chi connectivity index (χ4v) is 4.13. The summed E-state index contributed by atoms with van der Waals surface area (Å²) in [7, 11) is 0. The average Bonchev–Trinajstić information content (AvgIpc) is 2.91. The number of nitriles is 2. The first-order valence-electron chi connectivity index (χ1n) is 12.0. The van der Waals surface area contributed by atoms with E-state index in [9.17, 15) is 19.3 Å². The number of nitrogens with two attached hydrogens (primary N) is 1. The van der Waals surface area contributed by atoms with Crippen LogP contribution in [0.25, 0.3) is 22.4 Å². The number of anilines is 1. The number of ether oxygens (including phenoxy) is 1. The molecule has 0 saturated heterocycles. The van der Waals surface area contributed by atoms with E-state index in [0.29, 0.717) is 44.9 Å². The van der Waals surface area contributed by atoms with Crippen LogP contribution < -0.4 is 10.5 Å². The predicted molar refractivity (Wildman–Crippen MR) is 141 cm³/mol. The van der Waals surface area contributed by atoms with Crippen molar-refractivity contribution in [3.05, 3.63) is 82.4 Å². The van der Waals surface area contributed by atoms with Crippen molar-refractivity contribution in [2.24, 2.45) is 0 Å². The first kappa shape index (κ1) is 27.1. The van der Waals surface area contributed by atoms with Gasteiger partial charge in [-0.05, 0) is 74.7 Å². The zero-order chi connectivity index (χ0) is 28.3. The van der Waals surface area contributed by atoms with Gasteiger partial charge in [-0.2, -0.15) is 15.5 Å². The van der Waals surface area contributed by atoms with Gasteiger partial charge in [-0.25, -0.2) is 13.8 Å². The van der Waals surface area contributed by atoms with Crippen LogP contribution in [0, 0.1) is 36.5 Å². The molecule has 0 aliphatic rings. The van der Waals surface area contributed by atoms with E-state index in [2.05, 4.69) is 32.1 Å². The molecule has 196 valence electrons. The lowest BCUT2D eigenvalue weighted by molar-refractivity contribution is 0.146. The van der Waals surface area contributed by atoms with Crippen molar-refractivity contribution in [3.8, 4) is 40.4 Å². The van der Waals surface area contributed by atoms with Gasteiger partial charge in [0.25, 0.3) is 6.43 Å². The number of hydrogen-bond acceptors (Lipinski definition) is 8. The Morgan fingerprint density at radius 3 is 2.51 bits per heavy atom. The van der Waals surface area contributed by atoms with Crippen LogP contribution in [0.4, 0.5) is 14.7 Å². The van der Waals surface area contributed by atoms with E-state index in [1.807, 2.05) is 0 Å². The maximum atomic E-state index is 13.7. The average molecular weight is 526 g/mol. The van der Waals surface area contributed by atoms with Gasteiger partial charge in [-0.1, -0.05) is 12.1 Å². The molecule has 3 aromatic heterocycles. The molecule has 4 aromatic rings. The van der Waals surface area contributed by atoms with Gasteiger partial charge >= 0.3 is 0 Å². The Morgan fingerprint density at radius 2 is 1.82 bits per heavy atom. The first-order valence-corrected chi connectivity index (χ1v) is 12.0. The maximum Gasteiger partial charge on any atom is 0.280 e. The highest BCUT2D eigenvalue weighted by molar-refractivity contribution is 5.86. The summed E-state index contributed by atoms with van der Waals surface area (Å²) < 4.78 is 33.5. The minimum absolute atomic E-state index is 0.0404. The Hall–Kier alpha value is -4.96. The van der Waals surface area contributed by atoms with Crippen LogP contribution in [0.2, 0.25) is 0 Å². The zero-order valence-electron chi connectivity index (χ0n) is 21.8. The number of nitrogen functional groups attached to an aromatic ring is 1. The molecule has 0 aliphatic heterocycles. The number of rotatable bonds is 7. The van der Waals surface area contributed by atoms with Crippen LogP contribution >= 0.6 is 0 Å².